The Bertz CT molecular complexity index is 1240. The van der Waals surface area contributed by atoms with Gasteiger partial charge in [0.2, 0.25) is 0 Å². The number of hydrogen-bond donors (Lipinski definition) is 1. The Morgan fingerprint density at radius 2 is 1.81 bits per heavy atom. The number of aromatic nitrogens is 4. The highest BCUT2D eigenvalue weighted by Gasteiger charge is 2.15. The number of aryl methyl sites for hydroxylation is 1. The second kappa shape index (κ2) is 6.56. The van der Waals surface area contributed by atoms with Gasteiger partial charge in [0.15, 0.2) is 11.3 Å². The summed E-state index contributed by atoms with van der Waals surface area (Å²) in [5.41, 5.74) is 0.807. The number of carboxylic acid groups (broad SMARTS) is 1. The minimum Gasteiger partial charge on any atom is -0.481 e. The lowest BCUT2D eigenvalue weighted by atomic mass is 10.1. The second-order valence-electron chi connectivity index (χ2n) is 5.95. The normalized spacial score (nSPS) is 11.1. The second-order valence-corrected chi connectivity index (χ2v) is 5.95. The van der Waals surface area contributed by atoms with Gasteiger partial charge in [-0.05, 0) is 36.4 Å². The van der Waals surface area contributed by atoms with Crippen LogP contribution in [-0.2, 0) is 11.2 Å². The first-order valence-corrected chi connectivity index (χ1v) is 8.19. The molecule has 0 aliphatic rings. The molecule has 7 nitrogen and oxygen atoms in total. The standard InChI is InChI=1S/C19H13FN4O3/c20-12-7-5-11(6-8-12)17-19(27)22-18-13-3-1-2-4-14(13)21-15(24(18)23-17)9-10-16(25)26/h1-8H,9-10H2,(H,25,26). The molecule has 2 aromatic carbocycles. The van der Waals surface area contributed by atoms with E-state index < -0.39 is 17.3 Å². The van der Waals surface area contributed by atoms with Crippen molar-refractivity contribution in [2.45, 2.75) is 12.8 Å². The van der Waals surface area contributed by atoms with Crippen molar-refractivity contribution in [3.05, 3.63) is 70.5 Å². The third kappa shape index (κ3) is 3.12. The summed E-state index contributed by atoms with van der Waals surface area (Å²) < 4.78 is 14.6. The van der Waals surface area contributed by atoms with Gasteiger partial charge in [-0.25, -0.2) is 9.37 Å². The number of nitrogens with zero attached hydrogens (tertiary/aromatic N) is 4. The zero-order chi connectivity index (χ0) is 19.0. The van der Waals surface area contributed by atoms with Crippen LogP contribution in [-0.4, -0.2) is 30.7 Å². The lowest BCUT2D eigenvalue weighted by Crippen LogP contribution is -2.19. The van der Waals surface area contributed by atoms with Gasteiger partial charge in [0, 0.05) is 17.4 Å². The van der Waals surface area contributed by atoms with Crippen molar-refractivity contribution in [2.24, 2.45) is 0 Å². The molecule has 0 amide bonds. The molecule has 0 aliphatic heterocycles. The molecule has 1 N–H and O–H groups in total. The first-order chi connectivity index (χ1) is 13.0. The molecule has 27 heavy (non-hydrogen) atoms. The van der Waals surface area contributed by atoms with Crippen LogP contribution in [0.5, 0.6) is 0 Å². The van der Waals surface area contributed by atoms with E-state index in [0.717, 1.165) is 0 Å². The quantitative estimate of drug-likeness (QED) is 0.559. The van der Waals surface area contributed by atoms with E-state index >= 15 is 0 Å². The van der Waals surface area contributed by atoms with Gasteiger partial charge >= 0.3 is 5.97 Å². The molecule has 2 aromatic heterocycles. The summed E-state index contributed by atoms with van der Waals surface area (Å²) in [4.78, 5) is 32.2. The SMILES string of the molecule is O=C(O)CCc1nc2ccccc2c2nc(=O)c(-c3ccc(F)cc3)nn12. The molecule has 0 saturated heterocycles. The van der Waals surface area contributed by atoms with Crippen LogP contribution in [0.3, 0.4) is 0 Å². The average molecular weight is 364 g/mol. The van der Waals surface area contributed by atoms with Gasteiger partial charge in [0.1, 0.15) is 11.6 Å². The lowest BCUT2D eigenvalue weighted by Gasteiger charge is -2.10. The third-order valence-electron chi connectivity index (χ3n) is 4.13. The number of carboxylic acids is 1. The fraction of sp³-hybridized carbons (Fsp3) is 0.105. The zero-order valence-electron chi connectivity index (χ0n) is 14.0. The number of benzene rings is 2. The fourth-order valence-electron chi connectivity index (χ4n) is 2.86. The topological polar surface area (TPSA) is 97.5 Å². The Balaban J connectivity index is 2.01. The number of fused-ring (bicyclic) bond motifs is 3. The summed E-state index contributed by atoms with van der Waals surface area (Å²) in [7, 11) is 0. The highest BCUT2D eigenvalue weighted by Crippen LogP contribution is 2.19. The molecule has 4 aromatic rings. The predicted octanol–water partition coefficient (Wildman–Crippen LogP) is 2.46. The van der Waals surface area contributed by atoms with Gasteiger partial charge in [-0.2, -0.15) is 14.6 Å². The van der Waals surface area contributed by atoms with E-state index in [4.69, 9.17) is 5.11 Å². The van der Waals surface area contributed by atoms with Crippen LogP contribution >= 0.6 is 0 Å². The Morgan fingerprint density at radius 1 is 1.07 bits per heavy atom. The predicted molar refractivity (Wildman–Crippen MR) is 95.9 cm³/mol. The Hall–Kier alpha value is -3.68. The van der Waals surface area contributed by atoms with Gasteiger partial charge in [0.25, 0.3) is 5.56 Å². The fourth-order valence-corrected chi connectivity index (χ4v) is 2.86. The van der Waals surface area contributed by atoms with E-state index in [1.807, 2.05) is 0 Å². The minimum absolute atomic E-state index is 0.0427. The van der Waals surface area contributed by atoms with Crippen molar-refractivity contribution in [2.75, 3.05) is 0 Å². The largest absolute Gasteiger partial charge is 0.481 e. The molecule has 2 heterocycles. The summed E-state index contributed by atoms with van der Waals surface area (Å²) in [5.74, 6) is -1.02. The van der Waals surface area contributed by atoms with Crippen molar-refractivity contribution >= 4 is 22.5 Å². The van der Waals surface area contributed by atoms with Crippen LogP contribution in [0.1, 0.15) is 12.2 Å². The molecular formula is C19H13FN4O3. The molecule has 134 valence electrons. The van der Waals surface area contributed by atoms with E-state index in [1.165, 1.54) is 28.8 Å². The Morgan fingerprint density at radius 3 is 2.56 bits per heavy atom. The monoisotopic (exact) mass is 364 g/mol. The van der Waals surface area contributed by atoms with E-state index in [-0.39, 0.29) is 18.5 Å². The van der Waals surface area contributed by atoms with E-state index in [9.17, 15) is 14.0 Å². The highest BCUT2D eigenvalue weighted by molar-refractivity contribution is 5.91. The molecule has 0 radical (unpaired) electrons. The average Bonchev–Trinajstić information content (AvgIpc) is 2.66. The van der Waals surface area contributed by atoms with Crippen molar-refractivity contribution in [3.8, 4) is 11.3 Å². The molecule has 0 spiro atoms. The summed E-state index contributed by atoms with van der Waals surface area (Å²) in [6, 6.07) is 12.5. The van der Waals surface area contributed by atoms with Crippen LogP contribution in [0.15, 0.2) is 53.3 Å². The van der Waals surface area contributed by atoms with E-state index in [2.05, 4.69) is 15.1 Å². The number of carbonyl (C=O) groups is 1. The summed E-state index contributed by atoms with van der Waals surface area (Å²) in [6.45, 7) is 0. The first kappa shape index (κ1) is 16.8. The minimum atomic E-state index is -0.967. The van der Waals surface area contributed by atoms with Gasteiger partial charge in [-0.1, -0.05) is 12.1 Å². The number of aliphatic carboxylic acids is 1. The van der Waals surface area contributed by atoms with E-state index in [1.54, 1.807) is 24.3 Å². The van der Waals surface area contributed by atoms with Crippen LogP contribution in [0.4, 0.5) is 4.39 Å². The molecule has 0 bridgehead atoms. The van der Waals surface area contributed by atoms with Crippen molar-refractivity contribution in [1.82, 2.24) is 19.6 Å². The molecule has 0 fully saturated rings. The summed E-state index contributed by atoms with van der Waals surface area (Å²) in [6.07, 6.45) is -0.0167. The maximum absolute atomic E-state index is 13.2. The van der Waals surface area contributed by atoms with E-state index in [0.29, 0.717) is 27.9 Å². The van der Waals surface area contributed by atoms with Gasteiger partial charge in [-0.15, -0.1) is 0 Å². The van der Waals surface area contributed by atoms with Gasteiger partial charge in [-0.3, -0.25) is 9.59 Å². The third-order valence-corrected chi connectivity index (χ3v) is 4.13. The molecule has 8 heteroatoms. The molecule has 4 rings (SSSR count). The Kier molecular flexibility index (Phi) is 4.08. The van der Waals surface area contributed by atoms with Crippen LogP contribution in [0.2, 0.25) is 0 Å². The molecule has 0 atom stereocenters. The van der Waals surface area contributed by atoms with Crippen LogP contribution in [0.25, 0.3) is 27.8 Å². The number of hydrogen-bond acceptors (Lipinski definition) is 5. The van der Waals surface area contributed by atoms with Crippen molar-refractivity contribution in [3.63, 3.8) is 0 Å². The number of para-hydroxylation sites is 1. The molecule has 0 saturated carbocycles. The van der Waals surface area contributed by atoms with Crippen molar-refractivity contribution < 1.29 is 14.3 Å². The maximum Gasteiger partial charge on any atom is 0.303 e. The smallest absolute Gasteiger partial charge is 0.303 e. The summed E-state index contributed by atoms with van der Waals surface area (Å²) in [5, 5.41) is 14.0. The maximum atomic E-state index is 13.2. The summed E-state index contributed by atoms with van der Waals surface area (Å²) >= 11 is 0. The lowest BCUT2D eigenvalue weighted by molar-refractivity contribution is -0.137. The van der Waals surface area contributed by atoms with Gasteiger partial charge in [0.05, 0.1) is 11.9 Å². The number of rotatable bonds is 4. The van der Waals surface area contributed by atoms with Gasteiger partial charge < -0.3 is 5.11 Å². The van der Waals surface area contributed by atoms with Crippen molar-refractivity contribution in [1.29, 1.82) is 0 Å². The zero-order valence-corrected chi connectivity index (χ0v) is 14.0. The highest BCUT2D eigenvalue weighted by atomic mass is 19.1. The molecule has 0 unspecified atom stereocenters. The Labute approximate surface area is 151 Å². The molecular weight excluding hydrogens is 351 g/mol. The number of halogens is 1. The molecule has 0 aliphatic carbocycles. The first-order valence-electron chi connectivity index (χ1n) is 8.19. The van der Waals surface area contributed by atoms with Crippen LogP contribution < -0.4 is 5.56 Å². The van der Waals surface area contributed by atoms with Crippen LogP contribution in [0, 0.1) is 5.82 Å².